The normalized spacial score (nSPS) is 21.0. The molecule has 1 amide bonds. The summed E-state index contributed by atoms with van der Waals surface area (Å²) in [4.78, 5) is 51.2. The zero-order valence-electron chi connectivity index (χ0n) is 17.6. The molecule has 0 unspecified atom stereocenters. The van der Waals surface area contributed by atoms with Gasteiger partial charge in [0.15, 0.2) is 17.6 Å². The van der Waals surface area contributed by atoms with Crippen LogP contribution in [0, 0.1) is 5.92 Å². The van der Waals surface area contributed by atoms with Crippen molar-refractivity contribution >= 4 is 29.1 Å². The number of carbonyl (C=O) groups excluding carboxylic acids is 4. The Kier molecular flexibility index (Phi) is 5.69. The quantitative estimate of drug-likeness (QED) is 0.619. The van der Waals surface area contributed by atoms with Crippen molar-refractivity contribution in [2.24, 2.45) is 5.92 Å². The number of benzene rings is 2. The van der Waals surface area contributed by atoms with Crippen LogP contribution in [0.5, 0.6) is 0 Å². The number of likely N-dealkylation sites (tertiary alicyclic amines) is 1. The first-order valence-corrected chi connectivity index (χ1v) is 10.5. The second-order valence-corrected chi connectivity index (χ2v) is 8.13. The predicted octanol–water partition coefficient (Wildman–Crippen LogP) is 1.26. The number of methoxy groups -OCH3 is 1. The first kappa shape index (κ1) is 20.9. The van der Waals surface area contributed by atoms with Crippen LogP contribution in [0.4, 0.5) is 5.69 Å². The number of piperidine rings is 1. The molecule has 0 spiro atoms. The fourth-order valence-electron chi connectivity index (χ4n) is 4.44. The molecule has 2 aromatic rings. The van der Waals surface area contributed by atoms with Crippen LogP contribution >= 0.6 is 0 Å². The van der Waals surface area contributed by atoms with Crippen LogP contribution in [0.1, 0.15) is 51.6 Å². The summed E-state index contributed by atoms with van der Waals surface area (Å²) in [6, 6.07) is 11.3. The second-order valence-electron chi connectivity index (χ2n) is 8.13. The van der Waals surface area contributed by atoms with E-state index in [0.717, 1.165) is 4.90 Å². The van der Waals surface area contributed by atoms with Gasteiger partial charge in [-0.1, -0.05) is 24.3 Å². The number of carbonyl (C=O) groups is 4. The van der Waals surface area contributed by atoms with E-state index in [4.69, 9.17) is 4.74 Å². The van der Waals surface area contributed by atoms with Gasteiger partial charge in [0, 0.05) is 40.8 Å². The molecule has 0 saturated carbocycles. The summed E-state index contributed by atoms with van der Waals surface area (Å²) in [6.07, 6.45) is 1.38. The molecule has 0 radical (unpaired) electrons. The van der Waals surface area contributed by atoms with Crippen molar-refractivity contribution in [3.63, 3.8) is 0 Å². The highest BCUT2D eigenvalue weighted by atomic mass is 16.5. The van der Waals surface area contributed by atoms with Crippen molar-refractivity contribution in [3.05, 3.63) is 64.7 Å². The van der Waals surface area contributed by atoms with Gasteiger partial charge in [0.05, 0.1) is 26.1 Å². The SMILES string of the molecule is COC(=O)C1CC[NH+]([C@H](C)C(=O)Nc2ccc3c(c2)C(=O)c2ccccc2C3=O)CC1. The summed E-state index contributed by atoms with van der Waals surface area (Å²) in [5.74, 6) is -0.859. The molecule has 4 rings (SSSR count). The van der Waals surface area contributed by atoms with Crippen LogP contribution in [0.15, 0.2) is 42.5 Å². The Labute approximate surface area is 180 Å². The van der Waals surface area contributed by atoms with Gasteiger partial charge >= 0.3 is 5.97 Å². The molecule has 0 aromatic heterocycles. The molecule has 1 fully saturated rings. The number of nitrogens with one attached hydrogen (secondary N) is 2. The summed E-state index contributed by atoms with van der Waals surface area (Å²) in [7, 11) is 1.40. The standard InChI is InChI=1S/C24H24N2O5/c1-14(26-11-9-15(10-12-26)24(30)31-2)23(29)25-16-7-8-19-20(13-16)22(28)18-6-4-3-5-17(18)21(19)27/h3-8,13-15H,9-12H2,1-2H3,(H,25,29)/p+1/t14-/m1/s1. The summed E-state index contributed by atoms with van der Waals surface area (Å²) in [5, 5.41) is 2.88. The van der Waals surface area contributed by atoms with Crippen molar-refractivity contribution in [2.75, 3.05) is 25.5 Å². The highest BCUT2D eigenvalue weighted by Crippen LogP contribution is 2.29. The molecule has 2 N–H and O–H groups in total. The molecule has 31 heavy (non-hydrogen) atoms. The third-order valence-electron chi connectivity index (χ3n) is 6.36. The molecule has 160 valence electrons. The molecule has 1 atom stereocenters. The van der Waals surface area contributed by atoms with Gasteiger partial charge in [-0.05, 0) is 25.1 Å². The van der Waals surface area contributed by atoms with Gasteiger partial charge < -0.3 is 15.0 Å². The van der Waals surface area contributed by atoms with Crippen LogP contribution in [-0.4, -0.2) is 49.7 Å². The molecule has 1 aliphatic carbocycles. The number of fused-ring (bicyclic) bond motifs is 2. The topological polar surface area (TPSA) is 94.0 Å². The predicted molar refractivity (Wildman–Crippen MR) is 113 cm³/mol. The van der Waals surface area contributed by atoms with Crippen LogP contribution in [0.3, 0.4) is 0 Å². The van der Waals surface area contributed by atoms with Gasteiger partial charge in [-0.2, -0.15) is 0 Å². The maximum Gasteiger partial charge on any atom is 0.309 e. The second kappa shape index (κ2) is 8.43. The minimum Gasteiger partial charge on any atom is -0.469 e. The Hall–Kier alpha value is -3.32. The first-order chi connectivity index (χ1) is 14.9. The summed E-state index contributed by atoms with van der Waals surface area (Å²) >= 11 is 0. The number of amides is 1. The molecule has 2 aromatic carbocycles. The van der Waals surface area contributed by atoms with Crippen molar-refractivity contribution in [3.8, 4) is 0 Å². The number of esters is 1. The van der Waals surface area contributed by atoms with E-state index >= 15 is 0 Å². The highest BCUT2D eigenvalue weighted by molar-refractivity contribution is 6.28. The van der Waals surface area contributed by atoms with Crippen LogP contribution in [0.25, 0.3) is 0 Å². The molecule has 0 bridgehead atoms. The molecule has 7 nitrogen and oxygen atoms in total. The van der Waals surface area contributed by atoms with E-state index in [1.54, 1.807) is 42.5 Å². The average Bonchev–Trinajstić information content (AvgIpc) is 2.81. The summed E-state index contributed by atoms with van der Waals surface area (Å²) in [6.45, 7) is 3.27. The van der Waals surface area contributed by atoms with E-state index < -0.39 is 0 Å². The number of rotatable bonds is 4. The van der Waals surface area contributed by atoms with Crippen LogP contribution in [0.2, 0.25) is 0 Å². The molecule has 2 aliphatic rings. The number of anilines is 1. The Bertz CT molecular complexity index is 1070. The molecule has 7 heteroatoms. The number of quaternary nitrogens is 1. The van der Waals surface area contributed by atoms with E-state index in [2.05, 4.69) is 5.32 Å². The zero-order valence-corrected chi connectivity index (χ0v) is 17.6. The lowest BCUT2D eigenvalue weighted by molar-refractivity contribution is -0.919. The minimum atomic E-state index is -0.312. The smallest absolute Gasteiger partial charge is 0.309 e. The van der Waals surface area contributed by atoms with Crippen LogP contribution < -0.4 is 10.2 Å². The average molecular weight is 421 g/mol. The van der Waals surface area contributed by atoms with E-state index in [1.165, 1.54) is 7.11 Å². The third-order valence-corrected chi connectivity index (χ3v) is 6.36. The van der Waals surface area contributed by atoms with Gasteiger partial charge in [0.1, 0.15) is 0 Å². The molecular formula is C24H25N2O5+. The fraction of sp³-hybridized carbons (Fsp3) is 0.333. The number of ketones is 2. The van der Waals surface area contributed by atoms with Crippen molar-refractivity contribution in [1.82, 2.24) is 0 Å². The van der Waals surface area contributed by atoms with Crippen molar-refractivity contribution in [2.45, 2.75) is 25.8 Å². The van der Waals surface area contributed by atoms with Crippen molar-refractivity contribution < 1.29 is 28.8 Å². The minimum absolute atomic E-state index is 0.101. The largest absolute Gasteiger partial charge is 0.469 e. The lowest BCUT2D eigenvalue weighted by atomic mass is 9.84. The summed E-state index contributed by atoms with van der Waals surface area (Å²) < 4.78 is 4.82. The number of ether oxygens (including phenoxy) is 1. The summed E-state index contributed by atoms with van der Waals surface area (Å²) in [5.41, 5.74) is 1.93. The zero-order chi connectivity index (χ0) is 22.1. The highest BCUT2D eigenvalue weighted by Gasteiger charge is 2.34. The lowest BCUT2D eigenvalue weighted by Crippen LogP contribution is -3.17. The number of hydrogen-bond donors (Lipinski definition) is 2. The lowest BCUT2D eigenvalue weighted by Gasteiger charge is -2.31. The van der Waals surface area contributed by atoms with E-state index in [-0.39, 0.29) is 35.4 Å². The van der Waals surface area contributed by atoms with E-state index in [1.807, 2.05) is 6.92 Å². The van der Waals surface area contributed by atoms with Gasteiger partial charge in [0.2, 0.25) is 0 Å². The van der Waals surface area contributed by atoms with Crippen molar-refractivity contribution in [1.29, 1.82) is 0 Å². The maximum atomic E-state index is 12.9. The Morgan fingerprint density at radius 2 is 1.55 bits per heavy atom. The van der Waals surface area contributed by atoms with Crippen LogP contribution in [-0.2, 0) is 14.3 Å². The monoisotopic (exact) mass is 421 g/mol. The van der Waals surface area contributed by atoms with Gasteiger partial charge in [-0.15, -0.1) is 0 Å². The number of hydrogen-bond acceptors (Lipinski definition) is 5. The van der Waals surface area contributed by atoms with Gasteiger partial charge in [-0.25, -0.2) is 0 Å². The Balaban J connectivity index is 1.46. The Morgan fingerprint density at radius 1 is 0.968 bits per heavy atom. The van der Waals surface area contributed by atoms with Gasteiger partial charge in [0.25, 0.3) is 5.91 Å². The fourth-order valence-corrected chi connectivity index (χ4v) is 4.44. The third kappa shape index (κ3) is 3.88. The maximum absolute atomic E-state index is 12.9. The molecular weight excluding hydrogens is 396 g/mol. The first-order valence-electron chi connectivity index (χ1n) is 10.5. The van der Waals surface area contributed by atoms with E-state index in [9.17, 15) is 19.2 Å². The molecule has 1 aliphatic heterocycles. The molecule has 1 saturated heterocycles. The van der Waals surface area contributed by atoms with E-state index in [0.29, 0.717) is 53.9 Å². The Morgan fingerprint density at radius 3 is 2.16 bits per heavy atom. The van der Waals surface area contributed by atoms with Gasteiger partial charge in [-0.3, -0.25) is 19.2 Å². The molecule has 1 heterocycles.